The highest BCUT2D eigenvalue weighted by atomic mass is 32.2. The summed E-state index contributed by atoms with van der Waals surface area (Å²) in [5.41, 5.74) is 0. The molecule has 0 saturated heterocycles. The van der Waals surface area contributed by atoms with Gasteiger partial charge in [0, 0.05) is 19.1 Å². The molecule has 19 heavy (non-hydrogen) atoms. The van der Waals surface area contributed by atoms with Gasteiger partial charge in [-0.05, 0) is 20.3 Å². The first-order chi connectivity index (χ1) is 8.97. The Kier molecular flexibility index (Phi) is 5.68. The highest BCUT2D eigenvalue weighted by Gasteiger charge is 2.27. The molecule has 0 radical (unpaired) electrons. The minimum atomic E-state index is -3.51. The Bertz CT molecular complexity index is 487. The summed E-state index contributed by atoms with van der Waals surface area (Å²) in [6.07, 6.45) is 3.47. The Morgan fingerprint density at radius 2 is 1.84 bits per heavy atom. The van der Waals surface area contributed by atoms with Crippen LogP contribution in [0, 0.1) is 0 Å². The van der Waals surface area contributed by atoms with Gasteiger partial charge in [-0.2, -0.15) is 4.31 Å². The average Bonchev–Trinajstić information content (AvgIpc) is 2.40. The van der Waals surface area contributed by atoms with Crippen LogP contribution in [0.15, 0.2) is 17.3 Å². The number of anilines is 1. The zero-order chi connectivity index (χ0) is 14.5. The molecule has 1 unspecified atom stereocenters. The third kappa shape index (κ3) is 3.63. The molecule has 6 nitrogen and oxygen atoms in total. The summed E-state index contributed by atoms with van der Waals surface area (Å²) >= 11 is 0. The van der Waals surface area contributed by atoms with Crippen LogP contribution in [0.25, 0.3) is 0 Å². The fourth-order valence-electron chi connectivity index (χ4n) is 1.76. The number of nitrogens with one attached hydrogen (secondary N) is 1. The molecule has 1 aromatic heterocycles. The maximum Gasteiger partial charge on any atom is 0.246 e. The number of sulfonamides is 1. The monoisotopic (exact) mass is 286 g/mol. The van der Waals surface area contributed by atoms with E-state index in [2.05, 4.69) is 15.3 Å². The number of hydrogen-bond donors (Lipinski definition) is 1. The Morgan fingerprint density at radius 3 is 2.26 bits per heavy atom. The number of nitrogens with zero attached hydrogens (tertiary/aromatic N) is 3. The zero-order valence-electron chi connectivity index (χ0n) is 11.9. The van der Waals surface area contributed by atoms with Crippen LogP contribution in [0.5, 0.6) is 0 Å². The minimum Gasteiger partial charge on any atom is -0.355 e. The second kappa shape index (κ2) is 6.81. The van der Waals surface area contributed by atoms with E-state index in [0.717, 1.165) is 6.42 Å². The van der Waals surface area contributed by atoms with Crippen LogP contribution in [0.1, 0.15) is 34.1 Å². The van der Waals surface area contributed by atoms with Gasteiger partial charge in [0.15, 0.2) is 0 Å². The van der Waals surface area contributed by atoms with Crippen molar-refractivity contribution in [3.05, 3.63) is 12.4 Å². The van der Waals surface area contributed by atoms with Crippen molar-refractivity contribution in [3.8, 4) is 0 Å². The van der Waals surface area contributed by atoms with Crippen molar-refractivity contribution in [1.29, 1.82) is 0 Å². The molecule has 0 aliphatic rings. The van der Waals surface area contributed by atoms with Crippen LogP contribution < -0.4 is 5.32 Å². The predicted molar refractivity (Wildman–Crippen MR) is 75.5 cm³/mol. The van der Waals surface area contributed by atoms with Crippen LogP contribution in [0.4, 0.5) is 5.95 Å². The summed E-state index contributed by atoms with van der Waals surface area (Å²) in [5.74, 6) is 0.438. The molecular weight excluding hydrogens is 264 g/mol. The molecule has 1 N–H and O–H groups in total. The van der Waals surface area contributed by atoms with Gasteiger partial charge in [-0.3, -0.25) is 0 Å². The molecule has 0 aromatic carbocycles. The van der Waals surface area contributed by atoms with Crippen molar-refractivity contribution < 1.29 is 8.42 Å². The lowest BCUT2D eigenvalue weighted by Gasteiger charge is -2.25. The average molecular weight is 286 g/mol. The lowest BCUT2D eigenvalue weighted by Crippen LogP contribution is -2.38. The molecule has 0 aliphatic heterocycles. The number of aromatic nitrogens is 2. The Labute approximate surface area is 115 Å². The molecule has 0 bridgehead atoms. The van der Waals surface area contributed by atoms with Gasteiger partial charge in [-0.15, -0.1) is 0 Å². The summed E-state index contributed by atoms with van der Waals surface area (Å²) in [5, 5.41) is 2.93. The zero-order valence-corrected chi connectivity index (χ0v) is 12.7. The SMILES string of the molecule is CCNc1ncc(S(=O)(=O)N(CC)C(C)CC)cn1. The summed E-state index contributed by atoms with van der Waals surface area (Å²) in [6, 6.07) is -0.0385. The van der Waals surface area contributed by atoms with Crippen molar-refractivity contribution in [1.82, 2.24) is 14.3 Å². The standard InChI is InChI=1S/C12H22N4O2S/c1-5-10(4)16(7-3)19(17,18)11-8-14-12(13-6-2)15-9-11/h8-10H,5-7H2,1-4H3,(H,13,14,15). The maximum absolute atomic E-state index is 12.5. The number of rotatable bonds is 7. The van der Waals surface area contributed by atoms with Crippen molar-refractivity contribution in [2.24, 2.45) is 0 Å². The van der Waals surface area contributed by atoms with E-state index in [1.165, 1.54) is 16.7 Å². The molecule has 0 fully saturated rings. The largest absolute Gasteiger partial charge is 0.355 e. The lowest BCUT2D eigenvalue weighted by molar-refractivity contribution is 0.342. The molecule has 108 valence electrons. The predicted octanol–water partition coefficient (Wildman–Crippen LogP) is 1.72. The van der Waals surface area contributed by atoms with E-state index in [-0.39, 0.29) is 10.9 Å². The minimum absolute atomic E-state index is 0.0385. The van der Waals surface area contributed by atoms with Crippen LogP contribution in [-0.4, -0.2) is 41.8 Å². The Hall–Kier alpha value is -1.21. The summed E-state index contributed by atoms with van der Waals surface area (Å²) in [6.45, 7) is 8.75. The van der Waals surface area contributed by atoms with Crippen molar-refractivity contribution >= 4 is 16.0 Å². The maximum atomic E-state index is 12.5. The summed E-state index contributed by atoms with van der Waals surface area (Å²) < 4.78 is 26.4. The second-order valence-corrected chi connectivity index (χ2v) is 6.13. The molecule has 0 aliphatic carbocycles. The molecular formula is C12H22N4O2S. The van der Waals surface area contributed by atoms with E-state index in [4.69, 9.17) is 0 Å². The second-order valence-electron chi connectivity index (χ2n) is 4.24. The first kappa shape index (κ1) is 15.8. The van der Waals surface area contributed by atoms with Gasteiger partial charge in [-0.1, -0.05) is 13.8 Å². The van der Waals surface area contributed by atoms with Gasteiger partial charge < -0.3 is 5.32 Å². The van der Waals surface area contributed by atoms with E-state index in [0.29, 0.717) is 19.0 Å². The van der Waals surface area contributed by atoms with Crippen LogP contribution in [0.3, 0.4) is 0 Å². The van der Waals surface area contributed by atoms with Gasteiger partial charge in [0.25, 0.3) is 0 Å². The summed E-state index contributed by atoms with van der Waals surface area (Å²) in [7, 11) is -3.51. The third-order valence-corrected chi connectivity index (χ3v) is 5.01. The van der Waals surface area contributed by atoms with Gasteiger partial charge in [0.05, 0.1) is 12.4 Å². The van der Waals surface area contributed by atoms with E-state index in [1.807, 2.05) is 27.7 Å². The summed E-state index contributed by atoms with van der Waals surface area (Å²) in [4.78, 5) is 8.15. The van der Waals surface area contributed by atoms with Gasteiger partial charge in [0.1, 0.15) is 4.90 Å². The molecule has 0 amide bonds. The van der Waals surface area contributed by atoms with Crippen LogP contribution in [-0.2, 0) is 10.0 Å². The van der Waals surface area contributed by atoms with E-state index >= 15 is 0 Å². The van der Waals surface area contributed by atoms with Gasteiger partial charge in [0.2, 0.25) is 16.0 Å². The van der Waals surface area contributed by atoms with Gasteiger partial charge in [-0.25, -0.2) is 18.4 Å². The molecule has 7 heteroatoms. The van der Waals surface area contributed by atoms with Crippen molar-refractivity contribution in [2.75, 3.05) is 18.4 Å². The highest BCUT2D eigenvalue weighted by molar-refractivity contribution is 7.89. The quantitative estimate of drug-likeness (QED) is 0.826. The van der Waals surface area contributed by atoms with E-state index in [9.17, 15) is 8.42 Å². The Balaban J connectivity index is 3.04. The van der Waals surface area contributed by atoms with Gasteiger partial charge >= 0.3 is 0 Å². The number of hydrogen-bond acceptors (Lipinski definition) is 5. The van der Waals surface area contributed by atoms with E-state index < -0.39 is 10.0 Å². The molecule has 0 saturated carbocycles. The molecule has 1 aromatic rings. The normalized spacial score (nSPS) is 13.5. The topological polar surface area (TPSA) is 75.2 Å². The lowest BCUT2D eigenvalue weighted by atomic mass is 10.3. The van der Waals surface area contributed by atoms with Crippen LogP contribution >= 0.6 is 0 Å². The Morgan fingerprint density at radius 1 is 1.26 bits per heavy atom. The molecule has 1 rings (SSSR count). The van der Waals surface area contributed by atoms with Crippen LogP contribution in [0.2, 0.25) is 0 Å². The fourth-order valence-corrected chi connectivity index (χ4v) is 3.36. The first-order valence-electron chi connectivity index (χ1n) is 6.55. The fraction of sp³-hybridized carbons (Fsp3) is 0.667. The van der Waals surface area contributed by atoms with Crippen molar-refractivity contribution in [2.45, 2.75) is 45.1 Å². The molecule has 0 spiro atoms. The smallest absolute Gasteiger partial charge is 0.246 e. The van der Waals surface area contributed by atoms with Crippen molar-refractivity contribution in [3.63, 3.8) is 0 Å². The molecule has 1 atom stereocenters. The highest BCUT2D eigenvalue weighted by Crippen LogP contribution is 2.18. The molecule has 1 heterocycles. The van der Waals surface area contributed by atoms with E-state index in [1.54, 1.807) is 0 Å². The first-order valence-corrected chi connectivity index (χ1v) is 7.99. The third-order valence-electron chi connectivity index (χ3n) is 2.96.